The van der Waals surface area contributed by atoms with Gasteiger partial charge in [-0.3, -0.25) is 9.59 Å². The number of nitriles is 1. The SMILES string of the molecule is N#CC1(NC(=O)CCC(=O)c2ccc(Cl)s2)CCSC1. The molecule has 0 saturated carbocycles. The van der Waals surface area contributed by atoms with E-state index in [0.717, 1.165) is 5.75 Å². The zero-order valence-electron chi connectivity index (χ0n) is 10.6. The summed E-state index contributed by atoms with van der Waals surface area (Å²) < 4.78 is 0.559. The molecule has 1 aliphatic heterocycles. The van der Waals surface area contributed by atoms with E-state index in [1.807, 2.05) is 0 Å². The minimum absolute atomic E-state index is 0.0937. The molecule has 20 heavy (non-hydrogen) atoms. The summed E-state index contributed by atoms with van der Waals surface area (Å²) in [4.78, 5) is 24.3. The summed E-state index contributed by atoms with van der Waals surface area (Å²) in [5.41, 5.74) is -0.753. The highest BCUT2D eigenvalue weighted by Crippen LogP contribution is 2.27. The second-order valence-electron chi connectivity index (χ2n) is 4.57. The highest BCUT2D eigenvalue weighted by Gasteiger charge is 2.35. The van der Waals surface area contributed by atoms with E-state index in [1.54, 1.807) is 23.9 Å². The lowest BCUT2D eigenvalue weighted by Gasteiger charge is -2.20. The average Bonchev–Trinajstić information content (AvgIpc) is 3.06. The number of hydrogen-bond acceptors (Lipinski definition) is 5. The van der Waals surface area contributed by atoms with Gasteiger partial charge in [0, 0.05) is 18.6 Å². The van der Waals surface area contributed by atoms with Gasteiger partial charge in [0.25, 0.3) is 0 Å². The number of nitrogens with zero attached hydrogens (tertiary/aromatic N) is 1. The molecule has 4 nitrogen and oxygen atoms in total. The minimum Gasteiger partial charge on any atom is -0.337 e. The summed E-state index contributed by atoms with van der Waals surface area (Å²) in [6.07, 6.45) is 0.897. The first kappa shape index (κ1) is 15.4. The number of carbonyl (C=O) groups excluding carboxylic acids is 2. The van der Waals surface area contributed by atoms with Gasteiger partial charge in [0.1, 0.15) is 5.54 Å². The van der Waals surface area contributed by atoms with Crippen LogP contribution in [0.4, 0.5) is 0 Å². The molecule has 2 heterocycles. The first-order valence-electron chi connectivity index (χ1n) is 6.13. The number of carbonyl (C=O) groups is 2. The Kier molecular flexibility index (Phi) is 5.08. The van der Waals surface area contributed by atoms with Crippen LogP contribution in [0.5, 0.6) is 0 Å². The van der Waals surface area contributed by atoms with Gasteiger partial charge in [0.05, 0.1) is 15.3 Å². The first-order valence-corrected chi connectivity index (χ1v) is 8.48. The second-order valence-corrected chi connectivity index (χ2v) is 7.39. The largest absolute Gasteiger partial charge is 0.337 e. The maximum Gasteiger partial charge on any atom is 0.221 e. The van der Waals surface area contributed by atoms with Crippen LogP contribution in [0.1, 0.15) is 28.9 Å². The predicted molar refractivity (Wildman–Crippen MR) is 81.3 cm³/mol. The average molecular weight is 329 g/mol. The van der Waals surface area contributed by atoms with Crippen LogP contribution in [0.25, 0.3) is 0 Å². The number of halogens is 1. The summed E-state index contributed by atoms with van der Waals surface area (Å²) in [6, 6.07) is 5.51. The third-order valence-electron chi connectivity index (χ3n) is 3.04. The fourth-order valence-corrected chi connectivity index (χ4v) is 4.20. The molecule has 1 aliphatic rings. The third kappa shape index (κ3) is 3.75. The molecule has 7 heteroatoms. The molecule has 0 aromatic carbocycles. The van der Waals surface area contributed by atoms with Crippen molar-refractivity contribution in [2.24, 2.45) is 0 Å². The lowest BCUT2D eigenvalue weighted by molar-refractivity contribution is -0.122. The number of hydrogen-bond donors (Lipinski definition) is 1. The molecule has 1 amide bonds. The van der Waals surface area contributed by atoms with Crippen LogP contribution < -0.4 is 5.32 Å². The summed E-state index contributed by atoms with van der Waals surface area (Å²) in [7, 11) is 0. The summed E-state index contributed by atoms with van der Waals surface area (Å²) in [5, 5.41) is 11.9. The minimum atomic E-state index is -0.753. The molecule has 0 spiro atoms. The number of Topliss-reactive ketones (excluding diaryl/α,β-unsaturated/α-hetero) is 1. The highest BCUT2D eigenvalue weighted by atomic mass is 35.5. The molecule has 1 aromatic rings. The van der Waals surface area contributed by atoms with Crippen LogP contribution in [-0.2, 0) is 4.79 Å². The number of ketones is 1. The highest BCUT2D eigenvalue weighted by molar-refractivity contribution is 7.99. The molecule has 2 rings (SSSR count). The molecule has 0 aliphatic carbocycles. The summed E-state index contributed by atoms with van der Waals surface area (Å²) in [5.74, 6) is 1.15. The smallest absolute Gasteiger partial charge is 0.221 e. The van der Waals surface area contributed by atoms with Crippen LogP contribution in [0.2, 0.25) is 4.34 Å². The maximum absolute atomic E-state index is 11.9. The van der Waals surface area contributed by atoms with Gasteiger partial charge in [-0.2, -0.15) is 17.0 Å². The van der Waals surface area contributed by atoms with E-state index in [9.17, 15) is 9.59 Å². The molecular weight excluding hydrogens is 316 g/mol. The Morgan fingerprint density at radius 1 is 1.45 bits per heavy atom. The normalized spacial score (nSPS) is 21.4. The molecule has 1 N–H and O–H groups in total. The van der Waals surface area contributed by atoms with Crippen molar-refractivity contribution in [1.82, 2.24) is 5.32 Å². The van der Waals surface area contributed by atoms with Gasteiger partial charge in [-0.1, -0.05) is 11.6 Å². The van der Waals surface area contributed by atoms with Gasteiger partial charge in [0.15, 0.2) is 5.78 Å². The first-order chi connectivity index (χ1) is 9.54. The van der Waals surface area contributed by atoms with Crippen molar-refractivity contribution >= 4 is 46.4 Å². The van der Waals surface area contributed by atoms with Crippen LogP contribution in [0.15, 0.2) is 12.1 Å². The lowest BCUT2D eigenvalue weighted by Crippen LogP contribution is -2.47. The number of nitrogens with one attached hydrogen (secondary N) is 1. The molecular formula is C13H13ClN2O2S2. The van der Waals surface area contributed by atoms with E-state index < -0.39 is 5.54 Å². The monoisotopic (exact) mass is 328 g/mol. The van der Waals surface area contributed by atoms with Crippen LogP contribution in [-0.4, -0.2) is 28.7 Å². The quantitative estimate of drug-likeness (QED) is 0.844. The molecule has 1 fully saturated rings. The van der Waals surface area contributed by atoms with Crippen LogP contribution >= 0.6 is 34.7 Å². The Hall–Kier alpha value is -1.03. The topological polar surface area (TPSA) is 70.0 Å². The third-order valence-corrected chi connectivity index (χ3v) is 5.50. The predicted octanol–water partition coefficient (Wildman–Crippen LogP) is 2.88. The van der Waals surface area contributed by atoms with Crippen molar-refractivity contribution in [3.8, 4) is 6.07 Å². The summed E-state index contributed by atoms with van der Waals surface area (Å²) >= 11 is 8.63. The Morgan fingerprint density at radius 3 is 2.80 bits per heavy atom. The Labute approximate surface area is 130 Å². The fraction of sp³-hybridized carbons (Fsp3) is 0.462. The Morgan fingerprint density at radius 2 is 2.25 bits per heavy atom. The molecule has 0 bridgehead atoms. The van der Waals surface area contributed by atoms with E-state index >= 15 is 0 Å². The number of amides is 1. The van der Waals surface area contributed by atoms with Gasteiger partial charge in [-0.05, 0) is 24.3 Å². The van der Waals surface area contributed by atoms with Crippen molar-refractivity contribution in [3.63, 3.8) is 0 Å². The fourth-order valence-electron chi connectivity index (χ4n) is 1.92. The zero-order chi connectivity index (χ0) is 14.6. The number of rotatable bonds is 5. The Balaban J connectivity index is 1.83. The molecule has 1 unspecified atom stereocenters. The van der Waals surface area contributed by atoms with E-state index in [-0.39, 0.29) is 24.5 Å². The van der Waals surface area contributed by atoms with Gasteiger partial charge in [-0.15, -0.1) is 11.3 Å². The molecule has 1 atom stereocenters. The van der Waals surface area contributed by atoms with E-state index in [0.29, 0.717) is 21.4 Å². The van der Waals surface area contributed by atoms with Crippen molar-refractivity contribution in [2.75, 3.05) is 11.5 Å². The van der Waals surface area contributed by atoms with E-state index in [2.05, 4.69) is 11.4 Å². The lowest BCUT2D eigenvalue weighted by atomic mass is 10.0. The van der Waals surface area contributed by atoms with Crippen LogP contribution in [0.3, 0.4) is 0 Å². The van der Waals surface area contributed by atoms with Gasteiger partial charge in [0.2, 0.25) is 5.91 Å². The Bertz CT molecular complexity index is 559. The molecule has 0 radical (unpaired) electrons. The van der Waals surface area contributed by atoms with Gasteiger partial charge < -0.3 is 5.32 Å². The standard InChI is InChI=1S/C13H13ClN2O2S2/c14-11-3-2-10(20-11)9(17)1-4-12(18)16-13(7-15)5-6-19-8-13/h2-3H,1,4-6,8H2,(H,16,18). The van der Waals surface area contributed by atoms with Crippen LogP contribution in [0, 0.1) is 11.3 Å². The molecule has 106 valence electrons. The number of thioether (sulfide) groups is 1. The van der Waals surface area contributed by atoms with Crippen molar-refractivity contribution in [3.05, 3.63) is 21.3 Å². The van der Waals surface area contributed by atoms with Crippen molar-refractivity contribution in [1.29, 1.82) is 5.26 Å². The van der Waals surface area contributed by atoms with Crippen molar-refractivity contribution < 1.29 is 9.59 Å². The van der Waals surface area contributed by atoms with E-state index in [4.69, 9.17) is 16.9 Å². The zero-order valence-corrected chi connectivity index (χ0v) is 13.0. The van der Waals surface area contributed by atoms with Gasteiger partial charge >= 0.3 is 0 Å². The molecule has 1 saturated heterocycles. The van der Waals surface area contributed by atoms with Gasteiger partial charge in [-0.25, -0.2) is 0 Å². The summed E-state index contributed by atoms with van der Waals surface area (Å²) in [6.45, 7) is 0. The second kappa shape index (κ2) is 6.61. The number of thiophene rings is 1. The maximum atomic E-state index is 11.9. The van der Waals surface area contributed by atoms with Crippen molar-refractivity contribution in [2.45, 2.75) is 24.8 Å². The molecule has 1 aromatic heterocycles. The van der Waals surface area contributed by atoms with E-state index in [1.165, 1.54) is 11.3 Å².